The number of carboxylic acid groups (broad SMARTS) is 1. The van der Waals surface area contributed by atoms with Crippen molar-refractivity contribution in [2.45, 2.75) is 33.4 Å². The molecule has 8 heteroatoms. The van der Waals surface area contributed by atoms with E-state index in [1.54, 1.807) is 18.5 Å². The van der Waals surface area contributed by atoms with Gasteiger partial charge in [0, 0.05) is 12.2 Å². The second kappa shape index (κ2) is 7.78. The zero-order valence-corrected chi connectivity index (χ0v) is 14.2. The van der Waals surface area contributed by atoms with E-state index in [0.717, 1.165) is 0 Å². The van der Waals surface area contributed by atoms with Gasteiger partial charge in [0.1, 0.15) is 11.6 Å². The standard InChI is InChI=1S/C17H20FN3O4/c1-4-21-11(3)15(10(2)20-21)16(22)19-9-14(17(23)24)25-13-7-5-12(18)6-8-13/h5-8,14H,4,9H2,1-3H3,(H,19,22)(H,23,24). The van der Waals surface area contributed by atoms with Gasteiger partial charge in [-0.1, -0.05) is 0 Å². The van der Waals surface area contributed by atoms with Gasteiger partial charge in [-0.3, -0.25) is 9.48 Å². The number of hydrogen-bond acceptors (Lipinski definition) is 4. The van der Waals surface area contributed by atoms with E-state index >= 15 is 0 Å². The number of nitrogens with zero attached hydrogens (tertiary/aromatic N) is 2. The summed E-state index contributed by atoms with van der Waals surface area (Å²) in [5.74, 6) is -1.90. The van der Waals surface area contributed by atoms with Gasteiger partial charge in [0.15, 0.2) is 0 Å². The minimum absolute atomic E-state index is 0.203. The van der Waals surface area contributed by atoms with Crippen LogP contribution in [-0.4, -0.2) is 39.4 Å². The highest BCUT2D eigenvalue weighted by Gasteiger charge is 2.23. The number of amides is 1. The first kappa shape index (κ1) is 18.4. The molecule has 0 saturated carbocycles. The number of aliphatic carboxylic acids is 1. The van der Waals surface area contributed by atoms with E-state index < -0.39 is 23.8 Å². The maximum absolute atomic E-state index is 12.9. The Morgan fingerprint density at radius 2 is 1.96 bits per heavy atom. The minimum Gasteiger partial charge on any atom is -0.478 e. The van der Waals surface area contributed by atoms with Crippen LogP contribution in [0.4, 0.5) is 4.39 Å². The Balaban J connectivity index is 2.06. The molecule has 0 spiro atoms. The van der Waals surface area contributed by atoms with E-state index in [1.165, 1.54) is 24.3 Å². The number of rotatable bonds is 7. The summed E-state index contributed by atoms with van der Waals surface area (Å²) in [7, 11) is 0. The van der Waals surface area contributed by atoms with Crippen molar-refractivity contribution in [1.82, 2.24) is 15.1 Å². The van der Waals surface area contributed by atoms with Crippen LogP contribution in [0.1, 0.15) is 28.7 Å². The number of benzene rings is 1. The van der Waals surface area contributed by atoms with Crippen molar-refractivity contribution in [2.24, 2.45) is 0 Å². The summed E-state index contributed by atoms with van der Waals surface area (Å²) in [5.41, 5.74) is 1.71. The Kier molecular flexibility index (Phi) is 5.74. The van der Waals surface area contributed by atoms with E-state index in [-0.39, 0.29) is 12.3 Å². The first-order chi connectivity index (χ1) is 11.8. The molecule has 1 heterocycles. The number of aryl methyl sites for hydroxylation is 2. The quantitative estimate of drug-likeness (QED) is 0.796. The Bertz CT molecular complexity index is 771. The Labute approximate surface area is 144 Å². The number of aromatic nitrogens is 2. The van der Waals surface area contributed by atoms with Gasteiger partial charge in [-0.15, -0.1) is 0 Å². The first-order valence-electron chi connectivity index (χ1n) is 7.80. The fraction of sp³-hybridized carbons (Fsp3) is 0.353. The van der Waals surface area contributed by atoms with Crippen molar-refractivity contribution < 1.29 is 23.8 Å². The molecule has 2 N–H and O–H groups in total. The van der Waals surface area contributed by atoms with Crippen molar-refractivity contribution in [3.63, 3.8) is 0 Å². The molecule has 2 aromatic rings. The Morgan fingerprint density at radius 1 is 1.32 bits per heavy atom. The molecule has 134 valence electrons. The fourth-order valence-corrected chi connectivity index (χ4v) is 2.46. The molecule has 1 amide bonds. The minimum atomic E-state index is -1.30. The second-order valence-corrected chi connectivity index (χ2v) is 5.47. The highest BCUT2D eigenvalue weighted by molar-refractivity contribution is 5.96. The lowest BCUT2D eigenvalue weighted by atomic mass is 10.2. The van der Waals surface area contributed by atoms with Crippen LogP contribution in [0, 0.1) is 19.7 Å². The molecule has 7 nitrogen and oxygen atoms in total. The van der Waals surface area contributed by atoms with Gasteiger partial charge in [-0.2, -0.15) is 5.10 Å². The number of ether oxygens (including phenoxy) is 1. The molecule has 1 unspecified atom stereocenters. The van der Waals surface area contributed by atoms with Gasteiger partial charge in [0.25, 0.3) is 5.91 Å². The van der Waals surface area contributed by atoms with Gasteiger partial charge in [-0.25, -0.2) is 9.18 Å². The molecular formula is C17H20FN3O4. The monoisotopic (exact) mass is 349 g/mol. The summed E-state index contributed by atoms with van der Waals surface area (Å²) in [6, 6.07) is 4.98. The molecule has 25 heavy (non-hydrogen) atoms. The van der Waals surface area contributed by atoms with Crippen molar-refractivity contribution in [2.75, 3.05) is 6.54 Å². The molecular weight excluding hydrogens is 329 g/mol. The third kappa shape index (κ3) is 4.34. The summed E-state index contributed by atoms with van der Waals surface area (Å²) in [6.07, 6.45) is -1.30. The maximum atomic E-state index is 12.9. The summed E-state index contributed by atoms with van der Waals surface area (Å²) in [6.45, 7) is 5.81. The Hall–Kier alpha value is -2.90. The zero-order chi connectivity index (χ0) is 18.6. The smallest absolute Gasteiger partial charge is 0.346 e. The van der Waals surface area contributed by atoms with Gasteiger partial charge >= 0.3 is 5.97 Å². The van der Waals surface area contributed by atoms with Crippen molar-refractivity contribution >= 4 is 11.9 Å². The van der Waals surface area contributed by atoms with Gasteiger partial charge in [0.2, 0.25) is 6.10 Å². The van der Waals surface area contributed by atoms with E-state index in [1.807, 2.05) is 6.92 Å². The van der Waals surface area contributed by atoms with Crippen molar-refractivity contribution in [3.8, 4) is 5.75 Å². The van der Waals surface area contributed by atoms with Crippen LogP contribution in [0.15, 0.2) is 24.3 Å². The summed E-state index contributed by atoms with van der Waals surface area (Å²) < 4.78 is 19.9. The number of carboxylic acids is 1. The molecule has 0 bridgehead atoms. The molecule has 0 fully saturated rings. The molecule has 0 aliphatic carbocycles. The topological polar surface area (TPSA) is 93.5 Å². The molecule has 0 aliphatic heterocycles. The third-order valence-corrected chi connectivity index (χ3v) is 3.72. The lowest BCUT2D eigenvalue weighted by molar-refractivity contribution is -0.144. The molecule has 2 rings (SSSR count). The highest BCUT2D eigenvalue weighted by Crippen LogP contribution is 2.15. The average molecular weight is 349 g/mol. The molecule has 1 aromatic carbocycles. The maximum Gasteiger partial charge on any atom is 0.346 e. The Morgan fingerprint density at radius 3 is 2.48 bits per heavy atom. The number of carbonyl (C=O) groups is 2. The predicted molar refractivity (Wildman–Crippen MR) is 88.2 cm³/mol. The lowest BCUT2D eigenvalue weighted by Gasteiger charge is -2.16. The third-order valence-electron chi connectivity index (χ3n) is 3.72. The van der Waals surface area contributed by atoms with Crippen LogP contribution in [0.5, 0.6) is 5.75 Å². The molecule has 0 aliphatic rings. The number of carbonyl (C=O) groups excluding carboxylic acids is 1. The molecule has 0 radical (unpaired) electrons. The largest absolute Gasteiger partial charge is 0.478 e. The van der Waals surface area contributed by atoms with E-state index in [0.29, 0.717) is 23.5 Å². The normalized spacial score (nSPS) is 11.8. The number of nitrogens with one attached hydrogen (secondary N) is 1. The average Bonchev–Trinajstić information content (AvgIpc) is 2.86. The van der Waals surface area contributed by atoms with Crippen LogP contribution >= 0.6 is 0 Å². The van der Waals surface area contributed by atoms with Crippen LogP contribution in [0.25, 0.3) is 0 Å². The number of halogens is 1. The summed E-state index contributed by atoms with van der Waals surface area (Å²) in [5, 5.41) is 16.1. The number of hydrogen-bond donors (Lipinski definition) is 2. The van der Waals surface area contributed by atoms with E-state index in [2.05, 4.69) is 10.4 Å². The van der Waals surface area contributed by atoms with Crippen LogP contribution in [0.3, 0.4) is 0 Å². The fourth-order valence-electron chi connectivity index (χ4n) is 2.46. The van der Waals surface area contributed by atoms with Gasteiger partial charge in [0.05, 0.1) is 17.8 Å². The predicted octanol–water partition coefficient (Wildman–Crippen LogP) is 1.92. The highest BCUT2D eigenvalue weighted by atomic mass is 19.1. The van der Waals surface area contributed by atoms with E-state index in [4.69, 9.17) is 4.74 Å². The van der Waals surface area contributed by atoms with Crippen molar-refractivity contribution in [3.05, 3.63) is 47.0 Å². The SMILES string of the molecule is CCn1nc(C)c(C(=O)NCC(Oc2ccc(F)cc2)C(=O)O)c1C. The lowest BCUT2D eigenvalue weighted by Crippen LogP contribution is -2.40. The summed E-state index contributed by atoms with van der Waals surface area (Å²) in [4.78, 5) is 23.7. The second-order valence-electron chi connectivity index (χ2n) is 5.47. The van der Waals surface area contributed by atoms with Crippen LogP contribution in [0.2, 0.25) is 0 Å². The van der Waals surface area contributed by atoms with Crippen molar-refractivity contribution in [1.29, 1.82) is 0 Å². The van der Waals surface area contributed by atoms with Gasteiger partial charge in [-0.05, 0) is 45.0 Å². The van der Waals surface area contributed by atoms with Crippen LogP contribution in [-0.2, 0) is 11.3 Å². The first-order valence-corrected chi connectivity index (χ1v) is 7.80. The molecule has 1 atom stereocenters. The van der Waals surface area contributed by atoms with E-state index in [9.17, 15) is 19.1 Å². The summed E-state index contributed by atoms with van der Waals surface area (Å²) >= 11 is 0. The molecule has 1 aromatic heterocycles. The van der Waals surface area contributed by atoms with Gasteiger partial charge < -0.3 is 15.2 Å². The van der Waals surface area contributed by atoms with Crippen LogP contribution < -0.4 is 10.1 Å². The zero-order valence-electron chi connectivity index (χ0n) is 14.2. The molecule has 0 saturated heterocycles.